The monoisotopic (exact) mass is 520 g/mol. The molecule has 4 aromatic rings. The van der Waals surface area contributed by atoms with Crippen LogP contribution < -0.4 is 15.8 Å². The molecule has 1 aliphatic rings. The van der Waals surface area contributed by atoms with E-state index in [0.29, 0.717) is 47.7 Å². The highest BCUT2D eigenvalue weighted by Gasteiger charge is 2.27. The smallest absolute Gasteiger partial charge is 0.252 e. The van der Waals surface area contributed by atoms with Crippen molar-refractivity contribution in [2.24, 2.45) is 5.73 Å². The number of carbonyl (C=O) groups excluding carboxylic acids is 2. The molecule has 2 aromatic carbocycles. The number of aliphatic hydroxyl groups is 1. The number of aromatic nitrogens is 2. The highest BCUT2D eigenvalue weighted by atomic mass is 35.5. The van der Waals surface area contributed by atoms with E-state index in [1.165, 1.54) is 6.20 Å². The highest BCUT2D eigenvalue weighted by molar-refractivity contribution is 6.36. The first-order valence-electron chi connectivity index (χ1n) is 11.8. The van der Waals surface area contributed by atoms with Crippen LogP contribution in [0.4, 0.5) is 5.69 Å². The van der Waals surface area contributed by atoms with Gasteiger partial charge < -0.3 is 30.6 Å². The van der Waals surface area contributed by atoms with E-state index in [4.69, 9.17) is 26.8 Å². The molecule has 0 aliphatic carbocycles. The van der Waals surface area contributed by atoms with Crippen molar-refractivity contribution in [1.29, 1.82) is 0 Å². The quantitative estimate of drug-likeness (QED) is 0.254. The number of nitrogens with one attached hydrogen (secondary N) is 2. The van der Waals surface area contributed by atoms with Crippen LogP contribution >= 0.6 is 11.6 Å². The Morgan fingerprint density at radius 3 is 2.62 bits per heavy atom. The maximum absolute atomic E-state index is 13.6. The van der Waals surface area contributed by atoms with E-state index in [-0.39, 0.29) is 46.2 Å². The predicted molar refractivity (Wildman–Crippen MR) is 139 cm³/mol. The number of para-hydroxylation sites is 1. The summed E-state index contributed by atoms with van der Waals surface area (Å²) in [7, 11) is 0. The first kappa shape index (κ1) is 24.8. The van der Waals surface area contributed by atoms with Crippen molar-refractivity contribution < 1.29 is 24.2 Å². The number of nitrogens with zero attached hydrogens (tertiary/aromatic N) is 1. The summed E-state index contributed by atoms with van der Waals surface area (Å²) >= 11 is 6.51. The molecule has 2 aromatic heterocycles. The van der Waals surface area contributed by atoms with Gasteiger partial charge in [-0.15, -0.1) is 0 Å². The van der Waals surface area contributed by atoms with Crippen molar-refractivity contribution in [1.82, 2.24) is 9.97 Å². The highest BCUT2D eigenvalue weighted by Crippen LogP contribution is 2.34. The zero-order valence-electron chi connectivity index (χ0n) is 19.7. The second kappa shape index (κ2) is 10.6. The van der Waals surface area contributed by atoms with Gasteiger partial charge in [-0.1, -0.05) is 29.8 Å². The lowest BCUT2D eigenvalue weighted by atomic mass is 9.99. The minimum atomic E-state index is -0.679. The van der Waals surface area contributed by atoms with E-state index in [0.717, 1.165) is 0 Å². The molecule has 1 amide bonds. The molecule has 5 rings (SSSR count). The van der Waals surface area contributed by atoms with E-state index in [2.05, 4.69) is 15.3 Å². The van der Waals surface area contributed by atoms with Gasteiger partial charge in [0.1, 0.15) is 17.1 Å². The van der Waals surface area contributed by atoms with Crippen LogP contribution in [-0.2, 0) is 4.74 Å². The Morgan fingerprint density at radius 2 is 1.95 bits per heavy atom. The Labute approximate surface area is 217 Å². The molecule has 1 aliphatic heterocycles. The number of carbonyl (C=O) groups is 2. The molecular formula is C27H25ClN4O5. The number of halogens is 1. The lowest BCUT2D eigenvalue weighted by Crippen LogP contribution is -2.36. The standard InChI is InChI=1S/C27H25ClN4O5/c28-22-10-17(37-16-4-2-1-3-5-16)8-9-19(22)25(34)20-11-30-27-23(20)24(21(12-31-27)26(29)35)32-15-6-7-18(13-33)36-14-15/h1-5,8-12,15,18,33H,6-7,13-14H2,(H2,29,35)(H2,30,31,32)/t15-,18+/m1/s1. The third kappa shape index (κ3) is 5.15. The van der Waals surface area contributed by atoms with Crippen LogP contribution in [0.5, 0.6) is 11.5 Å². The van der Waals surface area contributed by atoms with E-state index in [1.54, 1.807) is 24.4 Å². The summed E-state index contributed by atoms with van der Waals surface area (Å²) in [4.78, 5) is 33.2. The molecule has 5 N–H and O–H groups in total. The number of anilines is 1. The summed E-state index contributed by atoms with van der Waals surface area (Å²) in [5.74, 6) is 0.105. The number of nitrogens with two attached hydrogens (primary N) is 1. The predicted octanol–water partition coefficient (Wildman–Crippen LogP) is 4.29. The van der Waals surface area contributed by atoms with Crippen molar-refractivity contribution in [3.05, 3.63) is 82.6 Å². The Balaban J connectivity index is 1.49. The second-order valence-corrected chi connectivity index (χ2v) is 9.19. The van der Waals surface area contributed by atoms with Gasteiger partial charge in [-0.2, -0.15) is 0 Å². The number of hydrogen-bond donors (Lipinski definition) is 4. The largest absolute Gasteiger partial charge is 0.457 e. The van der Waals surface area contributed by atoms with Crippen LogP contribution in [0.3, 0.4) is 0 Å². The third-order valence-electron chi connectivity index (χ3n) is 6.30. The second-order valence-electron chi connectivity index (χ2n) is 8.78. The molecule has 0 saturated carbocycles. The van der Waals surface area contributed by atoms with Crippen molar-refractivity contribution in [2.45, 2.75) is 25.0 Å². The number of ketones is 1. The SMILES string of the molecule is NC(=O)c1cnc2[nH]cc(C(=O)c3ccc(Oc4ccccc4)cc3Cl)c2c1N[C@@H]1CC[C@@H](CO)OC1. The Hall–Kier alpha value is -3.92. The minimum Gasteiger partial charge on any atom is -0.457 e. The number of H-pyrrole nitrogens is 1. The summed E-state index contributed by atoms with van der Waals surface area (Å²) < 4.78 is 11.5. The first-order valence-corrected chi connectivity index (χ1v) is 12.2. The van der Waals surface area contributed by atoms with Crippen LogP contribution in [0.2, 0.25) is 5.02 Å². The van der Waals surface area contributed by atoms with Gasteiger partial charge in [-0.05, 0) is 37.1 Å². The van der Waals surface area contributed by atoms with Crippen LogP contribution in [0.1, 0.15) is 39.1 Å². The number of rotatable bonds is 8. The topological polar surface area (TPSA) is 140 Å². The van der Waals surface area contributed by atoms with Gasteiger partial charge in [-0.3, -0.25) is 9.59 Å². The molecule has 0 radical (unpaired) electrons. The van der Waals surface area contributed by atoms with Crippen molar-refractivity contribution >= 4 is 40.0 Å². The maximum Gasteiger partial charge on any atom is 0.252 e. The van der Waals surface area contributed by atoms with Gasteiger partial charge in [0.15, 0.2) is 5.78 Å². The molecule has 0 bridgehead atoms. The van der Waals surface area contributed by atoms with E-state index >= 15 is 0 Å². The van der Waals surface area contributed by atoms with Crippen molar-refractivity contribution in [3.63, 3.8) is 0 Å². The number of hydrogen-bond acceptors (Lipinski definition) is 7. The van der Waals surface area contributed by atoms with Crippen molar-refractivity contribution in [3.8, 4) is 11.5 Å². The van der Waals surface area contributed by atoms with Gasteiger partial charge >= 0.3 is 0 Å². The number of pyridine rings is 1. The zero-order valence-corrected chi connectivity index (χ0v) is 20.5. The number of amides is 1. The molecule has 1 fully saturated rings. The average Bonchev–Trinajstić information content (AvgIpc) is 3.34. The number of benzene rings is 2. The molecule has 10 heteroatoms. The molecule has 2 atom stereocenters. The van der Waals surface area contributed by atoms with Gasteiger partial charge in [0, 0.05) is 30.1 Å². The van der Waals surface area contributed by atoms with E-state index in [1.807, 2.05) is 30.3 Å². The number of fused-ring (bicyclic) bond motifs is 1. The maximum atomic E-state index is 13.6. The van der Waals surface area contributed by atoms with Gasteiger partial charge in [0.25, 0.3) is 5.91 Å². The lowest BCUT2D eigenvalue weighted by Gasteiger charge is -2.30. The number of aromatic amines is 1. The van der Waals surface area contributed by atoms with Crippen LogP contribution in [0.15, 0.2) is 60.9 Å². The average molecular weight is 521 g/mol. The zero-order chi connectivity index (χ0) is 25.9. The molecular weight excluding hydrogens is 496 g/mol. The van der Waals surface area contributed by atoms with E-state index < -0.39 is 5.91 Å². The number of aliphatic hydroxyl groups excluding tert-OH is 1. The molecule has 9 nitrogen and oxygen atoms in total. The molecule has 1 saturated heterocycles. The molecule has 0 spiro atoms. The van der Waals surface area contributed by atoms with Gasteiger partial charge in [0.05, 0.1) is 46.5 Å². The summed E-state index contributed by atoms with van der Waals surface area (Å²) in [6, 6.07) is 13.9. The summed E-state index contributed by atoms with van der Waals surface area (Å²) in [6.45, 7) is 0.279. The third-order valence-corrected chi connectivity index (χ3v) is 6.61. The molecule has 3 heterocycles. The Morgan fingerprint density at radius 1 is 1.14 bits per heavy atom. The summed E-state index contributed by atoms with van der Waals surface area (Å²) in [6.07, 6.45) is 4.06. The fourth-order valence-corrected chi connectivity index (χ4v) is 4.65. The van der Waals surface area contributed by atoms with Crippen LogP contribution in [0, 0.1) is 0 Å². The molecule has 0 unspecified atom stereocenters. The fourth-order valence-electron chi connectivity index (χ4n) is 4.39. The number of primary amides is 1. The Bertz CT molecular complexity index is 1450. The fraction of sp³-hybridized carbons (Fsp3) is 0.222. The van der Waals surface area contributed by atoms with E-state index in [9.17, 15) is 14.7 Å². The van der Waals surface area contributed by atoms with Crippen molar-refractivity contribution in [2.75, 3.05) is 18.5 Å². The molecule has 190 valence electrons. The number of ether oxygens (including phenoxy) is 2. The van der Waals surface area contributed by atoms with Crippen LogP contribution in [0.25, 0.3) is 11.0 Å². The van der Waals surface area contributed by atoms with Gasteiger partial charge in [-0.25, -0.2) is 4.98 Å². The lowest BCUT2D eigenvalue weighted by molar-refractivity contribution is -0.0223. The first-order chi connectivity index (χ1) is 17.9. The van der Waals surface area contributed by atoms with Gasteiger partial charge in [0.2, 0.25) is 0 Å². The minimum absolute atomic E-state index is 0.0504. The Kier molecular flexibility index (Phi) is 7.09. The molecule has 37 heavy (non-hydrogen) atoms. The summed E-state index contributed by atoms with van der Waals surface area (Å²) in [5.41, 5.74) is 7.18. The van der Waals surface area contributed by atoms with Crippen LogP contribution in [-0.4, -0.2) is 52.1 Å². The normalized spacial score (nSPS) is 17.5. The summed E-state index contributed by atoms with van der Waals surface area (Å²) in [5, 5.41) is 13.3.